The molecule has 2 heterocycles. The Kier molecular flexibility index (Phi) is 4.14. The van der Waals surface area contributed by atoms with Crippen molar-refractivity contribution in [3.8, 4) is 5.69 Å². The van der Waals surface area contributed by atoms with Crippen LogP contribution >= 0.6 is 23.2 Å². The Morgan fingerprint density at radius 2 is 2.04 bits per heavy atom. The van der Waals surface area contributed by atoms with Crippen LogP contribution in [0.2, 0.25) is 10.0 Å². The second-order valence-corrected chi connectivity index (χ2v) is 7.77. The quantitative estimate of drug-likeness (QED) is 0.447. The summed E-state index contributed by atoms with van der Waals surface area (Å²) < 4.78 is 1.77. The third-order valence-corrected chi connectivity index (χ3v) is 5.53. The number of aromatic amines is 1. The first-order valence-corrected chi connectivity index (χ1v) is 9.78. The predicted octanol–water partition coefficient (Wildman–Crippen LogP) is 5.79. The number of nitrogens with zero attached hydrogens (tertiary/aromatic N) is 2. The van der Waals surface area contributed by atoms with E-state index in [2.05, 4.69) is 15.4 Å². The first-order chi connectivity index (χ1) is 13.6. The van der Waals surface area contributed by atoms with Gasteiger partial charge < -0.3 is 10.3 Å². The van der Waals surface area contributed by atoms with Gasteiger partial charge in [-0.05, 0) is 49.2 Å². The molecule has 2 aromatic carbocycles. The Morgan fingerprint density at radius 3 is 2.82 bits per heavy atom. The van der Waals surface area contributed by atoms with Crippen LogP contribution in [0.1, 0.15) is 34.8 Å². The van der Waals surface area contributed by atoms with Gasteiger partial charge in [0.1, 0.15) is 0 Å². The molecule has 140 valence electrons. The molecule has 0 saturated heterocycles. The molecular weight excluding hydrogens is 395 g/mol. The first kappa shape index (κ1) is 17.3. The Bertz CT molecular complexity index is 1210. The van der Waals surface area contributed by atoms with E-state index < -0.39 is 0 Å². The third kappa shape index (κ3) is 2.97. The number of halogens is 2. The van der Waals surface area contributed by atoms with Gasteiger partial charge in [-0.2, -0.15) is 5.10 Å². The normalized spacial score (nSPS) is 13.8. The van der Waals surface area contributed by atoms with E-state index >= 15 is 0 Å². The van der Waals surface area contributed by atoms with Crippen LogP contribution in [0.4, 0.5) is 5.69 Å². The number of carbonyl (C=O) groups is 1. The van der Waals surface area contributed by atoms with Crippen molar-refractivity contribution in [2.45, 2.75) is 18.8 Å². The minimum Gasteiger partial charge on any atom is -0.361 e. The molecule has 1 amide bonds. The van der Waals surface area contributed by atoms with Crippen molar-refractivity contribution >= 4 is 45.7 Å². The van der Waals surface area contributed by atoms with Crippen molar-refractivity contribution in [1.29, 1.82) is 0 Å². The van der Waals surface area contributed by atoms with Crippen molar-refractivity contribution < 1.29 is 4.79 Å². The second-order valence-electron chi connectivity index (χ2n) is 6.92. The Hall–Kier alpha value is -2.76. The number of fused-ring (bicyclic) bond motifs is 1. The molecule has 28 heavy (non-hydrogen) atoms. The maximum atomic E-state index is 13.1. The standard InChI is InChI=1S/C21H16Cl2N4O/c22-13-6-7-19(16(23)10-13)27-20(12-4-5-12)15(11-25-27)21(28)26-18-3-1-2-17-14(18)8-9-24-17/h1-3,6-12,24H,4-5H2,(H,26,28). The van der Waals surface area contributed by atoms with E-state index in [1.807, 2.05) is 36.5 Å². The summed E-state index contributed by atoms with van der Waals surface area (Å²) >= 11 is 12.4. The lowest BCUT2D eigenvalue weighted by Gasteiger charge is -2.11. The molecule has 2 N–H and O–H groups in total. The van der Waals surface area contributed by atoms with Crippen molar-refractivity contribution in [2.75, 3.05) is 5.32 Å². The highest BCUT2D eigenvalue weighted by Crippen LogP contribution is 2.43. The zero-order valence-corrected chi connectivity index (χ0v) is 16.3. The fourth-order valence-electron chi connectivity index (χ4n) is 3.51. The van der Waals surface area contributed by atoms with E-state index in [9.17, 15) is 4.79 Å². The first-order valence-electron chi connectivity index (χ1n) is 9.02. The van der Waals surface area contributed by atoms with E-state index in [0.29, 0.717) is 21.5 Å². The van der Waals surface area contributed by atoms with Crippen LogP contribution in [-0.4, -0.2) is 20.7 Å². The summed E-state index contributed by atoms with van der Waals surface area (Å²) in [6, 6.07) is 13.0. The number of amides is 1. The average Bonchev–Trinajstić information content (AvgIpc) is 3.22. The van der Waals surface area contributed by atoms with Crippen LogP contribution in [-0.2, 0) is 0 Å². The molecule has 7 heteroatoms. The van der Waals surface area contributed by atoms with E-state index in [1.165, 1.54) is 0 Å². The summed E-state index contributed by atoms with van der Waals surface area (Å²) in [7, 11) is 0. The van der Waals surface area contributed by atoms with Gasteiger partial charge in [-0.1, -0.05) is 29.3 Å². The summed E-state index contributed by atoms with van der Waals surface area (Å²) in [5, 5.41) is 9.54. The lowest BCUT2D eigenvalue weighted by molar-refractivity contribution is 0.102. The van der Waals surface area contributed by atoms with Gasteiger partial charge in [0.15, 0.2) is 0 Å². The van der Waals surface area contributed by atoms with Gasteiger partial charge >= 0.3 is 0 Å². The number of rotatable bonds is 4. The topological polar surface area (TPSA) is 62.7 Å². The van der Waals surface area contributed by atoms with Gasteiger partial charge in [-0.15, -0.1) is 0 Å². The van der Waals surface area contributed by atoms with Crippen molar-refractivity contribution in [1.82, 2.24) is 14.8 Å². The molecule has 5 nitrogen and oxygen atoms in total. The zero-order valence-electron chi connectivity index (χ0n) is 14.7. The minimum absolute atomic E-state index is 0.174. The van der Waals surface area contributed by atoms with Crippen LogP contribution in [0.5, 0.6) is 0 Å². The molecule has 0 aliphatic heterocycles. The maximum absolute atomic E-state index is 13.1. The third-order valence-electron chi connectivity index (χ3n) is 5.00. The van der Waals surface area contributed by atoms with Crippen LogP contribution in [0.3, 0.4) is 0 Å². The summed E-state index contributed by atoms with van der Waals surface area (Å²) in [5.74, 6) is 0.130. The lowest BCUT2D eigenvalue weighted by atomic mass is 10.1. The monoisotopic (exact) mass is 410 g/mol. The molecule has 5 rings (SSSR count). The van der Waals surface area contributed by atoms with E-state index in [-0.39, 0.29) is 5.91 Å². The summed E-state index contributed by atoms with van der Waals surface area (Å²) in [6.07, 6.45) is 5.54. The number of hydrogen-bond acceptors (Lipinski definition) is 2. The molecule has 0 radical (unpaired) electrons. The molecule has 1 aliphatic carbocycles. The predicted molar refractivity (Wildman–Crippen MR) is 112 cm³/mol. The van der Waals surface area contributed by atoms with Gasteiger partial charge in [0.05, 0.1) is 33.9 Å². The fourth-order valence-corrected chi connectivity index (χ4v) is 4.00. The molecule has 1 aliphatic rings. The Morgan fingerprint density at radius 1 is 1.18 bits per heavy atom. The number of benzene rings is 2. The smallest absolute Gasteiger partial charge is 0.259 e. The number of carbonyl (C=O) groups excluding carboxylic acids is 1. The summed E-state index contributed by atoms with van der Waals surface area (Å²) in [4.78, 5) is 16.2. The molecule has 0 bridgehead atoms. The van der Waals surface area contributed by atoms with Crippen molar-refractivity contribution in [3.05, 3.63) is 76.2 Å². The lowest BCUT2D eigenvalue weighted by Crippen LogP contribution is -2.14. The Balaban J connectivity index is 1.54. The molecule has 0 atom stereocenters. The molecule has 0 spiro atoms. The van der Waals surface area contributed by atoms with Gasteiger partial charge in [0.25, 0.3) is 5.91 Å². The van der Waals surface area contributed by atoms with Crippen molar-refractivity contribution in [3.63, 3.8) is 0 Å². The summed E-state index contributed by atoms with van der Waals surface area (Å²) in [5.41, 5.74) is 3.93. The highest BCUT2D eigenvalue weighted by atomic mass is 35.5. The molecule has 0 unspecified atom stereocenters. The number of H-pyrrole nitrogens is 1. The Labute approximate surface area is 171 Å². The summed E-state index contributed by atoms with van der Waals surface area (Å²) in [6.45, 7) is 0. The highest BCUT2D eigenvalue weighted by Gasteiger charge is 2.33. The van der Waals surface area contributed by atoms with Crippen LogP contribution in [0, 0.1) is 0 Å². The van der Waals surface area contributed by atoms with Gasteiger partial charge in [-0.3, -0.25) is 4.79 Å². The van der Waals surface area contributed by atoms with Gasteiger partial charge in [-0.25, -0.2) is 4.68 Å². The molecular formula is C21H16Cl2N4O. The highest BCUT2D eigenvalue weighted by molar-refractivity contribution is 6.35. The number of anilines is 1. The minimum atomic E-state index is -0.174. The van der Waals surface area contributed by atoms with E-state index in [4.69, 9.17) is 23.2 Å². The van der Waals surface area contributed by atoms with Gasteiger partial charge in [0.2, 0.25) is 0 Å². The molecule has 4 aromatic rings. The number of aromatic nitrogens is 3. The number of nitrogens with one attached hydrogen (secondary N) is 2. The van der Waals surface area contributed by atoms with E-state index in [0.717, 1.165) is 40.8 Å². The number of hydrogen-bond donors (Lipinski definition) is 2. The van der Waals surface area contributed by atoms with Crippen LogP contribution in [0.25, 0.3) is 16.6 Å². The zero-order chi connectivity index (χ0) is 19.3. The van der Waals surface area contributed by atoms with Gasteiger partial charge in [0, 0.05) is 28.0 Å². The maximum Gasteiger partial charge on any atom is 0.259 e. The fraction of sp³-hybridized carbons (Fsp3) is 0.143. The largest absolute Gasteiger partial charge is 0.361 e. The molecule has 1 fully saturated rings. The molecule has 2 aromatic heterocycles. The van der Waals surface area contributed by atoms with Crippen LogP contribution in [0.15, 0.2) is 54.9 Å². The van der Waals surface area contributed by atoms with E-state index in [1.54, 1.807) is 23.0 Å². The molecule has 1 saturated carbocycles. The SMILES string of the molecule is O=C(Nc1cccc2[nH]ccc12)c1cnn(-c2ccc(Cl)cc2Cl)c1C1CC1. The van der Waals surface area contributed by atoms with Crippen LogP contribution < -0.4 is 5.32 Å². The average molecular weight is 411 g/mol. The van der Waals surface area contributed by atoms with Crippen molar-refractivity contribution in [2.24, 2.45) is 0 Å². The second kappa shape index (κ2) is 6.69.